The lowest BCUT2D eigenvalue weighted by Crippen LogP contribution is -1.81. The minimum atomic E-state index is -1.50. The standard InChI is InChI=1S/2HNO3.H3N/c2*2-1(3)4;/h2*(H,2,3,4);1H3. The molecule has 56 valence electrons. The number of nitrogens with zero attached hydrogens (tertiary/aromatic N) is 2. The predicted octanol–water partition coefficient (Wildman–Crippen LogP) is -0.533. The van der Waals surface area contributed by atoms with Gasteiger partial charge in [0.05, 0.1) is 0 Å². The Morgan fingerprint density at radius 1 is 1.00 bits per heavy atom. The van der Waals surface area contributed by atoms with Gasteiger partial charge < -0.3 is 16.6 Å². The summed E-state index contributed by atoms with van der Waals surface area (Å²) < 4.78 is 0. The van der Waals surface area contributed by atoms with E-state index < -0.39 is 10.2 Å². The smallest absolute Gasteiger partial charge is 0.291 e. The lowest BCUT2D eigenvalue weighted by molar-refractivity contribution is -0.742. The summed E-state index contributed by atoms with van der Waals surface area (Å²) in [7, 11) is 0. The van der Waals surface area contributed by atoms with Crippen LogP contribution in [0.3, 0.4) is 0 Å². The molecule has 0 radical (unpaired) electrons. The first-order chi connectivity index (χ1) is 3.46. The molecule has 0 saturated heterocycles. The zero-order valence-corrected chi connectivity index (χ0v) is 4.13. The average molecular weight is 143 g/mol. The molecule has 0 atom stereocenters. The number of hydrogen-bond donors (Lipinski definition) is 3. The maximum Gasteiger partial charge on any atom is 0.291 e. The van der Waals surface area contributed by atoms with E-state index in [0.717, 1.165) is 0 Å². The van der Waals surface area contributed by atoms with Crippen molar-refractivity contribution in [1.29, 1.82) is 0 Å². The van der Waals surface area contributed by atoms with Crippen molar-refractivity contribution in [2.24, 2.45) is 0 Å². The second-order valence-electron chi connectivity index (χ2n) is 0.476. The van der Waals surface area contributed by atoms with E-state index in [9.17, 15) is 0 Å². The molecule has 0 aromatic heterocycles. The topological polar surface area (TPSA) is 162 Å². The first-order valence-corrected chi connectivity index (χ1v) is 1.13. The fourth-order valence-electron chi connectivity index (χ4n) is 0. The second-order valence-corrected chi connectivity index (χ2v) is 0.476. The van der Waals surface area contributed by atoms with Crippen molar-refractivity contribution in [3.63, 3.8) is 0 Å². The normalized spacial score (nSPS) is 5.33. The van der Waals surface area contributed by atoms with Crippen LogP contribution in [-0.2, 0) is 0 Å². The van der Waals surface area contributed by atoms with Crippen LogP contribution in [0.2, 0.25) is 0 Å². The molecule has 0 unspecified atom stereocenters. The Hall–Kier alpha value is -1.64. The predicted molar refractivity (Wildman–Crippen MR) is 22.6 cm³/mol. The van der Waals surface area contributed by atoms with Gasteiger partial charge in [-0.1, -0.05) is 0 Å². The molecule has 0 aromatic rings. The molecule has 0 heterocycles. The van der Waals surface area contributed by atoms with Crippen LogP contribution in [-0.4, -0.2) is 20.6 Å². The van der Waals surface area contributed by atoms with Gasteiger partial charge in [0.25, 0.3) is 10.2 Å². The lowest BCUT2D eigenvalue weighted by atomic mass is 13.1. The van der Waals surface area contributed by atoms with Crippen LogP contribution in [0.4, 0.5) is 0 Å². The van der Waals surface area contributed by atoms with Gasteiger partial charge in [-0.05, 0) is 0 Å². The van der Waals surface area contributed by atoms with Crippen LogP contribution in [0.25, 0.3) is 0 Å². The van der Waals surface area contributed by atoms with Crippen molar-refractivity contribution in [3.05, 3.63) is 20.2 Å². The van der Waals surface area contributed by atoms with Crippen molar-refractivity contribution < 1.29 is 20.6 Å². The highest BCUT2D eigenvalue weighted by molar-refractivity contribution is 3.83. The van der Waals surface area contributed by atoms with E-state index in [4.69, 9.17) is 30.6 Å². The molecule has 0 aliphatic rings. The van der Waals surface area contributed by atoms with E-state index in [1.165, 1.54) is 0 Å². The summed E-state index contributed by atoms with van der Waals surface area (Å²) in [6, 6.07) is 0. The molecular formula is H5N3O6. The Labute approximate surface area is 48.3 Å². The van der Waals surface area contributed by atoms with Gasteiger partial charge >= 0.3 is 0 Å². The molecule has 9 heteroatoms. The fraction of sp³-hybridized carbons (Fsp3) is 0. The maximum atomic E-state index is 8.36. The van der Waals surface area contributed by atoms with E-state index in [-0.39, 0.29) is 6.15 Å². The van der Waals surface area contributed by atoms with Crippen LogP contribution in [0.1, 0.15) is 0 Å². The summed E-state index contributed by atoms with van der Waals surface area (Å²) in [5.41, 5.74) is 0. The van der Waals surface area contributed by atoms with Crippen molar-refractivity contribution >= 4 is 0 Å². The third-order valence-corrected chi connectivity index (χ3v) is 0. The van der Waals surface area contributed by atoms with Gasteiger partial charge in [-0.2, -0.15) is 0 Å². The van der Waals surface area contributed by atoms with Crippen LogP contribution in [0.5, 0.6) is 0 Å². The van der Waals surface area contributed by atoms with E-state index in [2.05, 4.69) is 0 Å². The summed E-state index contributed by atoms with van der Waals surface area (Å²) in [5, 5.41) is 27.3. The molecule has 0 rings (SSSR count). The third-order valence-electron chi connectivity index (χ3n) is 0. The highest BCUT2D eigenvalue weighted by Gasteiger charge is 1.65. The number of rotatable bonds is 0. The maximum absolute atomic E-state index is 8.36. The van der Waals surface area contributed by atoms with Gasteiger partial charge in [0.15, 0.2) is 0 Å². The highest BCUT2D eigenvalue weighted by atomic mass is 16.9. The van der Waals surface area contributed by atoms with Crippen LogP contribution < -0.4 is 6.15 Å². The third kappa shape index (κ3) is 45.0. The Morgan fingerprint density at radius 2 is 1.00 bits per heavy atom. The quantitative estimate of drug-likeness (QED) is 0.303. The fourth-order valence-corrected chi connectivity index (χ4v) is 0. The molecule has 0 aromatic carbocycles. The van der Waals surface area contributed by atoms with Crippen LogP contribution in [0.15, 0.2) is 0 Å². The van der Waals surface area contributed by atoms with Crippen LogP contribution in [0, 0.1) is 20.2 Å². The summed E-state index contributed by atoms with van der Waals surface area (Å²) in [5.74, 6) is 0. The zero-order chi connectivity index (χ0) is 7.15. The molecule has 9 heavy (non-hydrogen) atoms. The molecule has 0 bridgehead atoms. The van der Waals surface area contributed by atoms with Gasteiger partial charge in [-0.25, -0.2) is 0 Å². The molecule has 0 aliphatic carbocycles. The minimum absolute atomic E-state index is 0. The summed E-state index contributed by atoms with van der Waals surface area (Å²) in [6.07, 6.45) is 0. The van der Waals surface area contributed by atoms with Gasteiger partial charge in [0.2, 0.25) is 0 Å². The van der Waals surface area contributed by atoms with Crippen LogP contribution >= 0.6 is 0 Å². The Kier molecular flexibility index (Phi) is 16.7. The monoisotopic (exact) mass is 143 g/mol. The second kappa shape index (κ2) is 9.61. The van der Waals surface area contributed by atoms with E-state index in [0.29, 0.717) is 0 Å². The van der Waals surface area contributed by atoms with Crippen molar-refractivity contribution in [2.75, 3.05) is 0 Å². The molecule has 0 aliphatic heterocycles. The summed E-state index contributed by atoms with van der Waals surface area (Å²) in [4.78, 5) is 16.7. The van der Waals surface area contributed by atoms with Gasteiger partial charge in [-0.15, -0.1) is 20.2 Å². The summed E-state index contributed by atoms with van der Waals surface area (Å²) >= 11 is 0. The van der Waals surface area contributed by atoms with Gasteiger partial charge in [0.1, 0.15) is 0 Å². The highest BCUT2D eigenvalue weighted by Crippen LogP contribution is 1.38. The SMILES string of the molecule is N.O=[N+]([O-])O.O=[N+]([O-])O. The largest absolute Gasteiger partial charge is 0.344 e. The summed E-state index contributed by atoms with van der Waals surface area (Å²) in [6.45, 7) is 0. The lowest BCUT2D eigenvalue weighted by Gasteiger charge is -1.56. The minimum Gasteiger partial charge on any atom is -0.344 e. The van der Waals surface area contributed by atoms with Gasteiger partial charge in [0, 0.05) is 0 Å². The molecule has 0 fully saturated rings. The average Bonchev–Trinajstić information content (AvgIpc) is 1.25. The molecule has 0 amide bonds. The molecule has 0 saturated carbocycles. The van der Waals surface area contributed by atoms with Gasteiger partial charge in [-0.3, -0.25) is 0 Å². The molecule has 0 spiro atoms. The molecule has 5 N–H and O–H groups in total. The molecule has 9 nitrogen and oxygen atoms in total. The number of hydrogen-bond acceptors (Lipinski definition) is 5. The van der Waals surface area contributed by atoms with E-state index in [1.807, 2.05) is 0 Å². The molecular weight excluding hydrogens is 138 g/mol. The van der Waals surface area contributed by atoms with Crippen molar-refractivity contribution in [2.45, 2.75) is 0 Å². The van der Waals surface area contributed by atoms with E-state index in [1.54, 1.807) is 0 Å². The Bertz CT molecular complexity index is 66.3. The zero-order valence-electron chi connectivity index (χ0n) is 4.13. The Balaban J connectivity index is -0.0000000720. The van der Waals surface area contributed by atoms with Crippen molar-refractivity contribution in [3.8, 4) is 0 Å². The van der Waals surface area contributed by atoms with E-state index >= 15 is 0 Å². The van der Waals surface area contributed by atoms with Crippen molar-refractivity contribution in [1.82, 2.24) is 6.15 Å². The first-order valence-electron chi connectivity index (χ1n) is 1.13. The first kappa shape index (κ1) is 15.7. The Morgan fingerprint density at radius 3 is 1.00 bits per heavy atom.